The molecule has 10 heteroatoms. The number of carbonyl (C=O) groups excluding carboxylic acids is 1. The summed E-state index contributed by atoms with van der Waals surface area (Å²) in [5.74, 6) is -2.69. The van der Waals surface area contributed by atoms with E-state index in [1.54, 1.807) is 0 Å². The number of amides is 1. The number of ether oxygens (including phenoxy) is 1. The van der Waals surface area contributed by atoms with Gasteiger partial charge in [0.2, 0.25) is 15.9 Å². The Morgan fingerprint density at radius 3 is 2.50 bits per heavy atom. The maximum Gasteiger partial charge on any atom is 0.339 e. The highest BCUT2D eigenvalue weighted by molar-refractivity contribution is 7.89. The van der Waals surface area contributed by atoms with Gasteiger partial charge in [-0.1, -0.05) is 11.6 Å². The number of methoxy groups -OCH3 is 1. The van der Waals surface area contributed by atoms with E-state index in [0.29, 0.717) is 0 Å². The minimum absolute atomic E-state index is 0.109. The Balaban J connectivity index is 3.43. The van der Waals surface area contributed by atoms with E-state index in [9.17, 15) is 18.0 Å². The van der Waals surface area contributed by atoms with Gasteiger partial charge in [0, 0.05) is 5.02 Å². The van der Waals surface area contributed by atoms with E-state index in [0.717, 1.165) is 19.2 Å². The summed E-state index contributed by atoms with van der Waals surface area (Å²) in [6, 6.07) is 2.06. The number of benzene rings is 1. The molecule has 0 aliphatic heterocycles. The van der Waals surface area contributed by atoms with Gasteiger partial charge in [-0.2, -0.15) is 0 Å². The Bertz CT molecular complexity index is 658. The fourth-order valence-corrected chi connectivity index (χ4v) is 2.87. The number of sulfonamides is 1. The van der Waals surface area contributed by atoms with Crippen molar-refractivity contribution in [3.63, 3.8) is 0 Å². The van der Waals surface area contributed by atoms with E-state index in [1.165, 1.54) is 0 Å². The molecule has 1 amide bonds. The summed E-state index contributed by atoms with van der Waals surface area (Å²) in [6.45, 7) is -0.638. The SMILES string of the molecule is COc1c(C(=O)O)cc(Cl)cc1S(=O)(=O)NCC(N)=O. The zero-order valence-electron chi connectivity index (χ0n) is 10.2. The second-order valence-electron chi connectivity index (χ2n) is 3.58. The number of hydrogen-bond donors (Lipinski definition) is 3. The summed E-state index contributed by atoms with van der Waals surface area (Å²) in [5, 5.41) is 8.89. The van der Waals surface area contributed by atoms with E-state index in [1.807, 2.05) is 4.72 Å². The first-order valence-corrected chi connectivity index (χ1v) is 6.94. The van der Waals surface area contributed by atoms with E-state index >= 15 is 0 Å². The van der Waals surface area contributed by atoms with Crippen LogP contribution in [0.15, 0.2) is 17.0 Å². The molecular formula is C10H11ClN2O6S. The van der Waals surface area contributed by atoms with Crippen molar-refractivity contribution in [2.24, 2.45) is 5.73 Å². The van der Waals surface area contributed by atoms with E-state index in [2.05, 4.69) is 0 Å². The van der Waals surface area contributed by atoms with Gasteiger partial charge in [0.1, 0.15) is 10.5 Å². The van der Waals surface area contributed by atoms with Crippen LogP contribution in [0.3, 0.4) is 0 Å². The van der Waals surface area contributed by atoms with Gasteiger partial charge in [-0.05, 0) is 12.1 Å². The predicted octanol–water partition coefficient (Wildman–Crippen LogP) is -0.190. The van der Waals surface area contributed by atoms with Gasteiger partial charge in [0.25, 0.3) is 0 Å². The van der Waals surface area contributed by atoms with E-state index < -0.39 is 38.9 Å². The number of nitrogens with one attached hydrogen (secondary N) is 1. The van der Waals surface area contributed by atoms with Gasteiger partial charge < -0.3 is 15.6 Å². The van der Waals surface area contributed by atoms with Gasteiger partial charge in [-0.3, -0.25) is 4.79 Å². The van der Waals surface area contributed by atoms with Crippen molar-refractivity contribution >= 4 is 33.5 Å². The van der Waals surface area contributed by atoms with Gasteiger partial charge in [0.05, 0.1) is 13.7 Å². The first kappa shape index (κ1) is 16.2. The van der Waals surface area contributed by atoms with Crippen LogP contribution in [0.4, 0.5) is 0 Å². The summed E-state index contributed by atoms with van der Waals surface area (Å²) in [4.78, 5) is 21.2. The Morgan fingerprint density at radius 2 is 2.05 bits per heavy atom. The number of carboxylic acids is 1. The van der Waals surface area contributed by atoms with Crippen molar-refractivity contribution in [3.8, 4) is 5.75 Å². The molecule has 8 nitrogen and oxygen atoms in total. The summed E-state index contributed by atoms with van der Waals surface area (Å²) < 4.78 is 30.7. The van der Waals surface area contributed by atoms with Gasteiger partial charge in [-0.15, -0.1) is 0 Å². The first-order chi connectivity index (χ1) is 9.19. The van der Waals surface area contributed by atoms with Crippen molar-refractivity contribution in [2.45, 2.75) is 4.90 Å². The van der Waals surface area contributed by atoms with Gasteiger partial charge in [-0.25, -0.2) is 17.9 Å². The fraction of sp³-hybridized carbons (Fsp3) is 0.200. The highest BCUT2D eigenvalue weighted by Gasteiger charge is 2.25. The Morgan fingerprint density at radius 1 is 1.45 bits per heavy atom. The highest BCUT2D eigenvalue weighted by Crippen LogP contribution is 2.31. The van der Waals surface area contributed by atoms with Crippen molar-refractivity contribution in [3.05, 3.63) is 22.7 Å². The number of carboxylic acid groups (broad SMARTS) is 1. The molecule has 0 aliphatic rings. The Labute approximate surface area is 119 Å². The van der Waals surface area contributed by atoms with Crippen molar-refractivity contribution < 1.29 is 27.9 Å². The summed E-state index contributed by atoms with van der Waals surface area (Å²) in [5.41, 5.74) is 4.42. The lowest BCUT2D eigenvalue weighted by molar-refractivity contribution is -0.116. The third-order valence-corrected chi connectivity index (χ3v) is 3.80. The molecule has 0 aliphatic carbocycles. The number of halogens is 1. The summed E-state index contributed by atoms with van der Waals surface area (Å²) in [6.07, 6.45) is 0. The fourth-order valence-electron chi connectivity index (χ4n) is 1.38. The first-order valence-electron chi connectivity index (χ1n) is 5.08. The summed E-state index contributed by atoms with van der Waals surface area (Å²) >= 11 is 5.69. The molecule has 0 heterocycles. The largest absolute Gasteiger partial charge is 0.494 e. The minimum atomic E-state index is -4.20. The lowest BCUT2D eigenvalue weighted by atomic mass is 10.2. The van der Waals surface area contributed by atoms with Crippen LogP contribution >= 0.6 is 11.6 Å². The molecule has 0 unspecified atom stereocenters. The number of hydrogen-bond acceptors (Lipinski definition) is 5. The lowest BCUT2D eigenvalue weighted by Crippen LogP contribution is -2.33. The maximum atomic E-state index is 12.0. The van der Waals surface area contributed by atoms with Crippen LogP contribution in [-0.2, 0) is 14.8 Å². The van der Waals surface area contributed by atoms with Crippen LogP contribution in [0, 0.1) is 0 Å². The Kier molecular flexibility index (Phi) is 4.93. The quantitative estimate of drug-likeness (QED) is 0.664. The third-order valence-electron chi connectivity index (χ3n) is 2.18. The van der Waals surface area contributed by atoms with Crippen LogP contribution in [-0.4, -0.2) is 39.1 Å². The maximum absolute atomic E-state index is 12.0. The summed E-state index contributed by atoms with van der Waals surface area (Å²) in [7, 11) is -3.09. The van der Waals surface area contributed by atoms with Crippen LogP contribution < -0.4 is 15.2 Å². The number of aromatic carboxylic acids is 1. The molecule has 0 saturated carbocycles. The van der Waals surface area contributed by atoms with Crippen LogP contribution in [0.25, 0.3) is 0 Å². The third kappa shape index (κ3) is 3.59. The van der Waals surface area contributed by atoms with E-state index in [4.69, 9.17) is 27.2 Å². The monoisotopic (exact) mass is 322 g/mol. The molecule has 0 aromatic heterocycles. The van der Waals surface area contributed by atoms with Crippen molar-refractivity contribution in [1.29, 1.82) is 0 Å². The lowest BCUT2D eigenvalue weighted by Gasteiger charge is -2.12. The molecule has 0 fully saturated rings. The zero-order chi connectivity index (χ0) is 15.5. The normalized spacial score (nSPS) is 11.1. The van der Waals surface area contributed by atoms with Crippen LogP contribution in [0.5, 0.6) is 5.75 Å². The molecule has 0 bridgehead atoms. The standard InChI is InChI=1S/C10H11ClN2O6S/c1-19-9-6(10(15)16)2-5(11)3-7(9)20(17,18)13-4-8(12)14/h2-3,13H,4H2,1H3,(H2,12,14)(H,15,16). The number of carbonyl (C=O) groups is 2. The topological polar surface area (TPSA) is 136 Å². The molecule has 0 atom stereocenters. The number of rotatable bonds is 6. The molecule has 4 N–H and O–H groups in total. The van der Waals surface area contributed by atoms with E-state index in [-0.39, 0.29) is 10.8 Å². The second kappa shape index (κ2) is 6.07. The average molecular weight is 323 g/mol. The predicted molar refractivity (Wildman–Crippen MR) is 69.3 cm³/mol. The van der Waals surface area contributed by atoms with Gasteiger partial charge in [0.15, 0.2) is 5.75 Å². The zero-order valence-corrected chi connectivity index (χ0v) is 11.8. The number of primary amides is 1. The molecule has 0 spiro atoms. The van der Waals surface area contributed by atoms with Crippen molar-refractivity contribution in [1.82, 2.24) is 4.72 Å². The highest BCUT2D eigenvalue weighted by atomic mass is 35.5. The Hall–Kier alpha value is -1.84. The molecule has 20 heavy (non-hydrogen) atoms. The second-order valence-corrected chi connectivity index (χ2v) is 5.75. The average Bonchev–Trinajstić information content (AvgIpc) is 2.35. The molecule has 110 valence electrons. The van der Waals surface area contributed by atoms with Crippen molar-refractivity contribution in [2.75, 3.05) is 13.7 Å². The van der Waals surface area contributed by atoms with Crippen LogP contribution in [0.1, 0.15) is 10.4 Å². The molecule has 1 rings (SSSR count). The minimum Gasteiger partial charge on any atom is -0.494 e. The molecule has 0 saturated heterocycles. The van der Waals surface area contributed by atoms with Gasteiger partial charge >= 0.3 is 5.97 Å². The molecule has 1 aromatic carbocycles. The smallest absolute Gasteiger partial charge is 0.339 e. The molecular weight excluding hydrogens is 312 g/mol. The number of nitrogens with two attached hydrogens (primary N) is 1. The molecule has 1 aromatic rings. The molecule has 0 radical (unpaired) electrons. The van der Waals surface area contributed by atoms with Crippen LogP contribution in [0.2, 0.25) is 5.02 Å².